The summed E-state index contributed by atoms with van der Waals surface area (Å²) >= 11 is 6.24. The fourth-order valence-corrected chi connectivity index (χ4v) is 2.97. The number of anilines is 1. The van der Waals surface area contributed by atoms with Crippen LogP contribution in [0.2, 0.25) is 5.02 Å². The molecule has 0 unspecified atom stereocenters. The van der Waals surface area contributed by atoms with Crippen molar-refractivity contribution in [1.29, 1.82) is 0 Å². The Labute approximate surface area is 131 Å². The maximum Gasteiger partial charge on any atom is 0.0741 e. The van der Waals surface area contributed by atoms with Gasteiger partial charge in [0, 0.05) is 34.4 Å². The minimum atomic E-state index is 0.440. The number of aliphatic imine (C=N–C) groups is 1. The second kappa shape index (κ2) is 5.90. The zero-order valence-corrected chi connectivity index (χ0v) is 13.1. The fourth-order valence-electron chi connectivity index (χ4n) is 2.80. The van der Waals surface area contributed by atoms with Crippen molar-refractivity contribution in [2.24, 2.45) is 4.99 Å². The van der Waals surface area contributed by atoms with Crippen molar-refractivity contribution >= 4 is 23.0 Å². The van der Waals surface area contributed by atoms with E-state index in [4.69, 9.17) is 16.6 Å². The normalized spacial score (nSPS) is 14.7. The van der Waals surface area contributed by atoms with Crippen molar-refractivity contribution in [3.8, 4) is 0 Å². The Balaban J connectivity index is 2.17. The number of hydrogen-bond donors (Lipinski definition) is 0. The molecule has 0 N–H and O–H groups in total. The summed E-state index contributed by atoms with van der Waals surface area (Å²) in [5.41, 5.74) is 4.53. The lowest BCUT2D eigenvalue weighted by molar-refractivity contribution is 0.688. The molecule has 3 rings (SSSR count). The lowest BCUT2D eigenvalue weighted by Crippen LogP contribution is -2.33. The Bertz CT molecular complexity index is 662. The first-order chi connectivity index (χ1) is 10.2. The van der Waals surface area contributed by atoms with Crippen LogP contribution in [0.3, 0.4) is 0 Å². The summed E-state index contributed by atoms with van der Waals surface area (Å²) in [6.07, 6.45) is 0. The van der Waals surface area contributed by atoms with Gasteiger partial charge in [0.1, 0.15) is 0 Å². The number of benzene rings is 2. The standard InChI is InChI=1S/C18H19ClN2/c1-13(2)21-11-10-20-18(14-6-4-3-5-7-14)16-12-15(19)8-9-17(16)21/h3-9,12-13H,10-11H2,1-2H3. The topological polar surface area (TPSA) is 15.6 Å². The molecule has 21 heavy (non-hydrogen) atoms. The first-order valence-corrected chi connectivity index (χ1v) is 7.71. The van der Waals surface area contributed by atoms with Crippen LogP contribution in [-0.4, -0.2) is 24.8 Å². The van der Waals surface area contributed by atoms with Crippen LogP contribution in [-0.2, 0) is 0 Å². The molecule has 2 aromatic rings. The van der Waals surface area contributed by atoms with Gasteiger partial charge >= 0.3 is 0 Å². The smallest absolute Gasteiger partial charge is 0.0741 e. The van der Waals surface area contributed by atoms with Crippen LogP contribution >= 0.6 is 11.6 Å². The monoisotopic (exact) mass is 298 g/mol. The summed E-state index contributed by atoms with van der Waals surface area (Å²) in [7, 11) is 0. The summed E-state index contributed by atoms with van der Waals surface area (Å²) < 4.78 is 0. The third-order valence-corrected chi connectivity index (χ3v) is 4.04. The summed E-state index contributed by atoms with van der Waals surface area (Å²) in [5.74, 6) is 0. The predicted molar refractivity (Wildman–Crippen MR) is 90.9 cm³/mol. The molecule has 1 aliphatic heterocycles. The van der Waals surface area contributed by atoms with Crippen molar-refractivity contribution in [3.63, 3.8) is 0 Å². The van der Waals surface area contributed by atoms with E-state index in [1.54, 1.807) is 0 Å². The Hall–Kier alpha value is -1.80. The van der Waals surface area contributed by atoms with Crippen LogP contribution in [0, 0.1) is 0 Å². The van der Waals surface area contributed by atoms with Gasteiger partial charge in [0.15, 0.2) is 0 Å². The van der Waals surface area contributed by atoms with E-state index in [1.165, 1.54) is 5.69 Å². The van der Waals surface area contributed by atoms with Crippen LogP contribution in [0.1, 0.15) is 25.0 Å². The highest BCUT2D eigenvalue weighted by molar-refractivity contribution is 6.31. The molecule has 0 aromatic heterocycles. The number of hydrogen-bond acceptors (Lipinski definition) is 2. The third kappa shape index (κ3) is 2.81. The van der Waals surface area contributed by atoms with Gasteiger partial charge in [-0.3, -0.25) is 4.99 Å². The van der Waals surface area contributed by atoms with Gasteiger partial charge < -0.3 is 4.90 Å². The molecule has 1 heterocycles. The minimum absolute atomic E-state index is 0.440. The molecule has 2 aromatic carbocycles. The first-order valence-electron chi connectivity index (χ1n) is 7.33. The number of benzodiazepines with no additional fused rings is 1. The Morgan fingerprint density at radius 3 is 2.57 bits per heavy atom. The lowest BCUT2D eigenvalue weighted by atomic mass is 10.00. The molecule has 1 aliphatic rings. The van der Waals surface area contributed by atoms with E-state index in [-0.39, 0.29) is 0 Å². The van der Waals surface area contributed by atoms with Gasteiger partial charge in [0.25, 0.3) is 0 Å². The predicted octanol–water partition coefficient (Wildman–Crippen LogP) is 4.41. The first kappa shape index (κ1) is 14.2. The van der Waals surface area contributed by atoms with Crippen LogP contribution < -0.4 is 4.90 Å². The Morgan fingerprint density at radius 1 is 1.10 bits per heavy atom. The maximum atomic E-state index is 6.24. The van der Waals surface area contributed by atoms with Crippen LogP contribution in [0.15, 0.2) is 53.5 Å². The molecule has 0 amide bonds. The van der Waals surface area contributed by atoms with Crippen molar-refractivity contribution < 1.29 is 0 Å². The van der Waals surface area contributed by atoms with Crippen LogP contribution in [0.25, 0.3) is 0 Å². The molecule has 0 saturated carbocycles. The summed E-state index contributed by atoms with van der Waals surface area (Å²) in [6, 6.07) is 16.9. The van der Waals surface area contributed by atoms with E-state index in [2.05, 4.69) is 36.9 Å². The van der Waals surface area contributed by atoms with Gasteiger partial charge in [0.05, 0.1) is 12.3 Å². The van der Waals surface area contributed by atoms with E-state index in [9.17, 15) is 0 Å². The van der Waals surface area contributed by atoms with Gasteiger partial charge in [-0.05, 0) is 32.0 Å². The molecule has 0 radical (unpaired) electrons. The molecule has 2 nitrogen and oxygen atoms in total. The van der Waals surface area contributed by atoms with Gasteiger partial charge in [-0.15, -0.1) is 0 Å². The fraction of sp³-hybridized carbons (Fsp3) is 0.278. The second-order valence-corrected chi connectivity index (χ2v) is 5.98. The largest absolute Gasteiger partial charge is 0.367 e. The second-order valence-electron chi connectivity index (χ2n) is 5.54. The van der Waals surface area contributed by atoms with Gasteiger partial charge in [-0.25, -0.2) is 0 Å². The van der Waals surface area contributed by atoms with Crippen molar-refractivity contribution in [3.05, 3.63) is 64.7 Å². The maximum absolute atomic E-state index is 6.24. The Kier molecular flexibility index (Phi) is 3.98. The third-order valence-electron chi connectivity index (χ3n) is 3.80. The summed E-state index contributed by atoms with van der Waals surface area (Å²) in [5, 5.41) is 0.753. The molecule has 0 bridgehead atoms. The summed E-state index contributed by atoms with van der Waals surface area (Å²) in [4.78, 5) is 7.22. The van der Waals surface area contributed by atoms with Crippen molar-refractivity contribution in [2.75, 3.05) is 18.0 Å². The highest BCUT2D eigenvalue weighted by Gasteiger charge is 2.21. The molecule has 3 heteroatoms. The van der Waals surface area contributed by atoms with Gasteiger partial charge in [-0.1, -0.05) is 41.9 Å². The van der Waals surface area contributed by atoms with Gasteiger partial charge in [-0.2, -0.15) is 0 Å². The molecule has 0 atom stereocenters. The van der Waals surface area contributed by atoms with E-state index >= 15 is 0 Å². The molecule has 108 valence electrons. The van der Waals surface area contributed by atoms with E-state index in [1.807, 2.05) is 30.3 Å². The van der Waals surface area contributed by atoms with E-state index < -0.39 is 0 Å². The lowest BCUT2D eigenvalue weighted by Gasteiger charge is -2.29. The highest BCUT2D eigenvalue weighted by atomic mass is 35.5. The minimum Gasteiger partial charge on any atom is -0.367 e. The molecular weight excluding hydrogens is 280 g/mol. The van der Waals surface area contributed by atoms with Crippen molar-refractivity contribution in [2.45, 2.75) is 19.9 Å². The zero-order valence-electron chi connectivity index (χ0n) is 12.4. The van der Waals surface area contributed by atoms with E-state index in [0.29, 0.717) is 6.04 Å². The SMILES string of the molecule is CC(C)N1CCN=C(c2ccccc2)c2cc(Cl)ccc21. The molecule has 0 fully saturated rings. The highest BCUT2D eigenvalue weighted by Crippen LogP contribution is 2.30. The molecule has 0 aliphatic carbocycles. The number of rotatable bonds is 2. The molecule has 0 spiro atoms. The zero-order chi connectivity index (χ0) is 14.8. The average Bonchev–Trinajstić information content (AvgIpc) is 2.67. The van der Waals surface area contributed by atoms with Crippen LogP contribution in [0.4, 0.5) is 5.69 Å². The van der Waals surface area contributed by atoms with Crippen LogP contribution in [0.5, 0.6) is 0 Å². The molecule has 0 saturated heterocycles. The molecular formula is C18H19ClN2. The number of fused-ring (bicyclic) bond motifs is 1. The Morgan fingerprint density at radius 2 is 1.86 bits per heavy atom. The average molecular weight is 299 g/mol. The number of halogens is 1. The summed E-state index contributed by atoms with van der Waals surface area (Å²) in [6.45, 7) is 6.16. The number of nitrogens with zero attached hydrogens (tertiary/aromatic N) is 2. The van der Waals surface area contributed by atoms with E-state index in [0.717, 1.165) is 35.0 Å². The van der Waals surface area contributed by atoms with Crippen molar-refractivity contribution in [1.82, 2.24) is 0 Å². The quantitative estimate of drug-likeness (QED) is 0.802. The van der Waals surface area contributed by atoms with Gasteiger partial charge in [0.2, 0.25) is 0 Å².